The van der Waals surface area contributed by atoms with Crippen molar-refractivity contribution in [1.82, 2.24) is 0 Å². The largest absolute Gasteiger partial charge is 0.460 e. The number of ether oxygens (including phenoxy) is 1. The summed E-state index contributed by atoms with van der Waals surface area (Å²) in [5.41, 5.74) is 0.909. The highest BCUT2D eigenvalue weighted by atomic mass is 35.5. The van der Waals surface area contributed by atoms with Crippen LogP contribution in [0.25, 0.3) is 0 Å². The van der Waals surface area contributed by atoms with Crippen molar-refractivity contribution in [3.63, 3.8) is 0 Å². The average molecular weight is 289 g/mol. The molecule has 1 aromatic carbocycles. The maximum absolute atomic E-state index is 11.8. The van der Waals surface area contributed by atoms with Crippen molar-refractivity contribution in [2.24, 2.45) is 0 Å². The van der Waals surface area contributed by atoms with Gasteiger partial charge in [-0.05, 0) is 30.5 Å². The van der Waals surface area contributed by atoms with Gasteiger partial charge in [-0.15, -0.1) is 0 Å². The fourth-order valence-corrected chi connectivity index (χ4v) is 2.12. The van der Waals surface area contributed by atoms with Crippen LogP contribution in [0.3, 0.4) is 0 Å². The van der Waals surface area contributed by atoms with E-state index in [0.717, 1.165) is 5.56 Å². The molecule has 0 amide bonds. The van der Waals surface area contributed by atoms with Gasteiger partial charge >= 0.3 is 5.97 Å². The number of rotatable bonds is 4. The van der Waals surface area contributed by atoms with Gasteiger partial charge in [0.25, 0.3) is 5.78 Å². The molecule has 0 radical (unpaired) electrons. The number of esters is 1. The van der Waals surface area contributed by atoms with E-state index in [2.05, 4.69) is 4.74 Å². The third-order valence-electron chi connectivity index (χ3n) is 2.42. The first kappa shape index (κ1) is 15.0. The molecule has 0 atom stereocenters. The summed E-state index contributed by atoms with van der Waals surface area (Å²) in [6, 6.07) is 3.29. The van der Waals surface area contributed by atoms with E-state index in [9.17, 15) is 9.59 Å². The standard InChI is InChI=1S/C13H14Cl2O3/c1-4-18-13(17)12(16)11-9(14)5-8(7(2)3)6-10(11)15/h5-7H,4H2,1-3H3. The number of benzene rings is 1. The molecular formula is C13H14Cl2O3. The molecule has 0 aliphatic carbocycles. The minimum atomic E-state index is -0.946. The average Bonchev–Trinajstić information content (AvgIpc) is 2.27. The van der Waals surface area contributed by atoms with Gasteiger partial charge in [0, 0.05) is 0 Å². The molecule has 98 valence electrons. The van der Waals surface area contributed by atoms with E-state index in [0.29, 0.717) is 0 Å². The fraction of sp³-hybridized carbons (Fsp3) is 0.385. The molecule has 5 heteroatoms. The van der Waals surface area contributed by atoms with Gasteiger partial charge in [0.05, 0.1) is 22.2 Å². The van der Waals surface area contributed by atoms with Gasteiger partial charge in [-0.2, -0.15) is 0 Å². The molecule has 0 saturated heterocycles. The van der Waals surface area contributed by atoms with Gasteiger partial charge in [-0.25, -0.2) is 4.79 Å². The van der Waals surface area contributed by atoms with Crippen molar-refractivity contribution in [2.45, 2.75) is 26.7 Å². The third-order valence-corrected chi connectivity index (χ3v) is 3.02. The van der Waals surface area contributed by atoms with E-state index >= 15 is 0 Å². The van der Waals surface area contributed by atoms with Gasteiger partial charge in [0.15, 0.2) is 0 Å². The maximum atomic E-state index is 11.8. The molecule has 0 heterocycles. The van der Waals surface area contributed by atoms with E-state index in [4.69, 9.17) is 23.2 Å². The topological polar surface area (TPSA) is 43.4 Å². The summed E-state index contributed by atoms with van der Waals surface area (Å²) in [5.74, 6) is -1.53. The molecule has 1 rings (SSSR count). The number of ketones is 1. The highest BCUT2D eigenvalue weighted by Crippen LogP contribution is 2.30. The molecule has 18 heavy (non-hydrogen) atoms. The minimum absolute atomic E-state index is 0.00110. The Bertz CT molecular complexity index is 458. The van der Waals surface area contributed by atoms with Crippen LogP contribution in [0.4, 0.5) is 0 Å². The summed E-state index contributed by atoms with van der Waals surface area (Å²) in [5, 5.41) is 0.341. The Kier molecular flexibility index (Phi) is 5.17. The molecule has 0 spiro atoms. The molecule has 3 nitrogen and oxygen atoms in total. The summed E-state index contributed by atoms with van der Waals surface area (Å²) in [6.45, 7) is 5.71. The fourth-order valence-electron chi connectivity index (χ4n) is 1.44. The molecule has 1 aromatic rings. The number of Topliss-reactive ketones (excluding diaryl/α,β-unsaturated/α-hetero) is 1. The zero-order valence-corrected chi connectivity index (χ0v) is 11.9. The first-order valence-electron chi connectivity index (χ1n) is 5.58. The Labute approximate surface area is 116 Å². The Morgan fingerprint density at radius 1 is 1.22 bits per heavy atom. The first-order chi connectivity index (χ1) is 8.38. The number of halogens is 2. The summed E-state index contributed by atoms with van der Waals surface area (Å²) in [7, 11) is 0. The van der Waals surface area contributed by atoms with Crippen molar-refractivity contribution in [1.29, 1.82) is 0 Å². The van der Waals surface area contributed by atoms with E-state index in [1.165, 1.54) is 0 Å². The van der Waals surface area contributed by atoms with E-state index in [1.54, 1.807) is 19.1 Å². The number of hydrogen-bond donors (Lipinski definition) is 0. The van der Waals surface area contributed by atoms with Crippen LogP contribution in [0.1, 0.15) is 42.6 Å². The Balaban J connectivity index is 3.18. The van der Waals surface area contributed by atoms with Gasteiger partial charge in [-0.1, -0.05) is 37.0 Å². The monoisotopic (exact) mass is 288 g/mol. The summed E-state index contributed by atoms with van der Waals surface area (Å²) in [6.07, 6.45) is 0. The molecule has 0 aromatic heterocycles. The van der Waals surface area contributed by atoms with Crippen LogP contribution in [0.15, 0.2) is 12.1 Å². The number of carbonyl (C=O) groups excluding carboxylic acids is 2. The predicted molar refractivity (Wildman–Crippen MR) is 71.5 cm³/mol. The number of hydrogen-bond acceptors (Lipinski definition) is 3. The number of carbonyl (C=O) groups is 2. The van der Waals surface area contributed by atoms with Crippen molar-refractivity contribution in [2.75, 3.05) is 6.61 Å². The van der Waals surface area contributed by atoms with Crippen LogP contribution in [0.2, 0.25) is 10.0 Å². The smallest absolute Gasteiger partial charge is 0.379 e. The molecule has 0 aliphatic rings. The summed E-state index contributed by atoms with van der Waals surface area (Å²) >= 11 is 12.0. The van der Waals surface area contributed by atoms with Gasteiger partial charge in [-0.3, -0.25) is 4.79 Å². The van der Waals surface area contributed by atoms with Gasteiger partial charge < -0.3 is 4.74 Å². The molecule has 0 unspecified atom stereocenters. The zero-order chi connectivity index (χ0) is 13.9. The SMILES string of the molecule is CCOC(=O)C(=O)c1c(Cl)cc(C(C)C)cc1Cl. The maximum Gasteiger partial charge on any atom is 0.379 e. The second kappa shape index (κ2) is 6.21. The molecule has 0 fully saturated rings. The van der Waals surface area contributed by atoms with Crippen LogP contribution in [0.5, 0.6) is 0 Å². The van der Waals surface area contributed by atoms with Crippen LogP contribution >= 0.6 is 23.2 Å². The Morgan fingerprint density at radius 2 is 1.72 bits per heavy atom. The van der Waals surface area contributed by atoms with E-state index in [-0.39, 0.29) is 28.1 Å². The second-order valence-corrected chi connectivity index (χ2v) is 4.88. The highest BCUT2D eigenvalue weighted by molar-refractivity contribution is 6.49. The quantitative estimate of drug-likeness (QED) is 0.480. The predicted octanol–water partition coefficient (Wildman–Crippen LogP) is 3.86. The molecule has 0 aliphatic heterocycles. The third kappa shape index (κ3) is 3.24. The lowest BCUT2D eigenvalue weighted by molar-refractivity contribution is -0.137. The van der Waals surface area contributed by atoms with Crippen molar-refractivity contribution in [3.8, 4) is 0 Å². The van der Waals surface area contributed by atoms with Gasteiger partial charge in [0.1, 0.15) is 0 Å². The normalized spacial score (nSPS) is 10.6. The van der Waals surface area contributed by atoms with Crippen molar-refractivity contribution >= 4 is 35.0 Å². The van der Waals surface area contributed by atoms with Crippen LogP contribution in [0, 0.1) is 0 Å². The summed E-state index contributed by atoms with van der Waals surface area (Å²) in [4.78, 5) is 23.2. The molecule has 0 N–H and O–H groups in total. The highest BCUT2D eigenvalue weighted by Gasteiger charge is 2.24. The summed E-state index contributed by atoms with van der Waals surface area (Å²) < 4.78 is 4.64. The van der Waals surface area contributed by atoms with Gasteiger partial charge in [0.2, 0.25) is 0 Å². The van der Waals surface area contributed by atoms with Crippen LogP contribution in [-0.4, -0.2) is 18.4 Å². The molecule has 0 saturated carbocycles. The van der Waals surface area contributed by atoms with Crippen molar-refractivity contribution < 1.29 is 14.3 Å². The lowest BCUT2D eigenvalue weighted by Gasteiger charge is -2.11. The van der Waals surface area contributed by atoms with Crippen LogP contribution < -0.4 is 0 Å². The van der Waals surface area contributed by atoms with E-state index < -0.39 is 11.8 Å². The van der Waals surface area contributed by atoms with Crippen LogP contribution in [-0.2, 0) is 9.53 Å². The molecular weight excluding hydrogens is 275 g/mol. The first-order valence-corrected chi connectivity index (χ1v) is 6.34. The second-order valence-electron chi connectivity index (χ2n) is 4.06. The zero-order valence-electron chi connectivity index (χ0n) is 10.4. The lowest BCUT2D eigenvalue weighted by Crippen LogP contribution is -2.18. The Morgan fingerprint density at radius 3 is 2.11 bits per heavy atom. The Hall–Kier alpha value is -1.06. The lowest BCUT2D eigenvalue weighted by atomic mass is 10.00. The van der Waals surface area contributed by atoms with E-state index in [1.807, 2.05) is 13.8 Å². The molecule has 0 bridgehead atoms. The minimum Gasteiger partial charge on any atom is -0.460 e. The van der Waals surface area contributed by atoms with Crippen molar-refractivity contribution in [3.05, 3.63) is 33.3 Å².